The van der Waals surface area contributed by atoms with E-state index in [0.717, 1.165) is 45.2 Å². The lowest BCUT2D eigenvalue weighted by Crippen LogP contribution is -2.58. The van der Waals surface area contributed by atoms with E-state index in [-0.39, 0.29) is 24.6 Å². The first-order chi connectivity index (χ1) is 14.7. The molecule has 9 nitrogen and oxygen atoms in total. The largest absolute Gasteiger partial charge is 0.326 e. The van der Waals surface area contributed by atoms with E-state index >= 15 is 0 Å². The molecule has 3 saturated heterocycles. The predicted molar refractivity (Wildman–Crippen MR) is 117 cm³/mol. The number of amides is 3. The summed E-state index contributed by atoms with van der Waals surface area (Å²) in [6.45, 7) is 3.54. The monoisotopic (exact) mass is 449 g/mol. The van der Waals surface area contributed by atoms with E-state index in [4.69, 9.17) is 0 Å². The van der Waals surface area contributed by atoms with Crippen LogP contribution in [0, 0.1) is 0 Å². The van der Waals surface area contributed by atoms with Crippen LogP contribution in [-0.4, -0.2) is 85.7 Å². The van der Waals surface area contributed by atoms with Crippen LogP contribution in [0.3, 0.4) is 0 Å². The third kappa shape index (κ3) is 5.25. The van der Waals surface area contributed by atoms with E-state index in [9.17, 15) is 18.0 Å². The van der Waals surface area contributed by atoms with Crippen LogP contribution < -0.4 is 10.0 Å². The van der Waals surface area contributed by atoms with Crippen molar-refractivity contribution < 1.29 is 18.0 Å². The first kappa shape index (κ1) is 22.2. The lowest BCUT2D eigenvalue weighted by molar-refractivity contribution is -0.135. The highest BCUT2D eigenvalue weighted by molar-refractivity contribution is 7.88. The molecule has 1 aromatic rings. The lowest BCUT2D eigenvalue weighted by atomic mass is 9.88. The number of piperidine rings is 2. The average Bonchev–Trinajstić information content (AvgIpc) is 2.92. The average molecular weight is 450 g/mol. The van der Waals surface area contributed by atoms with Gasteiger partial charge in [-0.25, -0.2) is 22.8 Å². The fraction of sp³-hybridized carbons (Fsp3) is 0.619. The fourth-order valence-electron chi connectivity index (χ4n) is 4.99. The zero-order valence-corrected chi connectivity index (χ0v) is 18.7. The van der Waals surface area contributed by atoms with E-state index < -0.39 is 15.6 Å². The molecule has 10 heteroatoms. The van der Waals surface area contributed by atoms with Crippen molar-refractivity contribution in [3.05, 3.63) is 35.9 Å². The number of hydrogen-bond donors (Lipinski definition) is 2. The van der Waals surface area contributed by atoms with E-state index in [0.29, 0.717) is 19.5 Å². The second-order valence-electron chi connectivity index (χ2n) is 8.99. The zero-order chi connectivity index (χ0) is 22.1. The van der Waals surface area contributed by atoms with Crippen LogP contribution in [0.4, 0.5) is 4.79 Å². The zero-order valence-electron chi connectivity index (χ0n) is 17.9. The van der Waals surface area contributed by atoms with Gasteiger partial charge < -0.3 is 5.32 Å². The predicted octanol–water partition coefficient (Wildman–Crippen LogP) is 0.544. The normalized spacial score (nSPS) is 28.3. The summed E-state index contributed by atoms with van der Waals surface area (Å²) >= 11 is 0. The van der Waals surface area contributed by atoms with Gasteiger partial charge in [-0.2, -0.15) is 0 Å². The summed E-state index contributed by atoms with van der Waals surface area (Å²) in [6.07, 6.45) is 4.20. The minimum atomic E-state index is -3.29. The Hall–Kier alpha value is -2.01. The molecule has 1 spiro atoms. The van der Waals surface area contributed by atoms with Gasteiger partial charge in [0.15, 0.2) is 0 Å². The van der Waals surface area contributed by atoms with Crippen molar-refractivity contribution in [2.45, 2.75) is 43.8 Å². The van der Waals surface area contributed by atoms with Gasteiger partial charge in [0.05, 0.1) is 12.9 Å². The summed E-state index contributed by atoms with van der Waals surface area (Å²) in [7, 11) is -3.29. The van der Waals surface area contributed by atoms with Crippen molar-refractivity contribution in [2.75, 3.05) is 39.1 Å². The van der Waals surface area contributed by atoms with Crippen molar-refractivity contribution in [1.29, 1.82) is 0 Å². The maximum absolute atomic E-state index is 13.4. The minimum Gasteiger partial charge on any atom is -0.322 e. The Labute approximate surface area is 183 Å². The van der Waals surface area contributed by atoms with Gasteiger partial charge in [0.1, 0.15) is 5.54 Å². The summed E-state index contributed by atoms with van der Waals surface area (Å²) < 4.78 is 25.8. The molecule has 170 valence electrons. The summed E-state index contributed by atoms with van der Waals surface area (Å²) in [5.74, 6) is -0.173. The van der Waals surface area contributed by atoms with E-state index in [1.807, 2.05) is 23.1 Å². The van der Waals surface area contributed by atoms with E-state index in [1.54, 1.807) is 0 Å². The molecule has 4 rings (SSSR count). The second kappa shape index (κ2) is 8.85. The summed E-state index contributed by atoms with van der Waals surface area (Å²) in [6, 6.07) is 9.57. The van der Waals surface area contributed by atoms with Crippen LogP contribution in [0.15, 0.2) is 30.3 Å². The SMILES string of the molecule is CS(=O)(=O)NC1CCCN(CN2C(=O)NC3(CCCN(Cc4ccccc4)C3)C2=O)C1. The van der Waals surface area contributed by atoms with Crippen molar-refractivity contribution in [1.82, 2.24) is 24.7 Å². The number of likely N-dealkylation sites (tertiary alicyclic amines) is 2. The number of imide groups is 1. The topological polar surface area (TPSA) is 102 Å². The van der Waals surface area contributed by atoms with Crippen LogP contribution >= 0.6 is 0 Å². The van der Waals surface area contributed by atoms with Crippen LogP contribution in [0.2, 0.25) is 0 Å². The number of carbonyl (C=O) groups is 2. The molecular weight excluding hydrogens is 418 g/mol. The first-order valence-corrected chi connectivity index (χ1v) is 12.7. The fourth-order valence-corrected chi connectivity index (χ4v) is 5.78. The van der Waals surface area contributed by atoms with Gasteiger partial charge >= 0.3 is 6.03 Å². The van der Waals surface area contributed by atoms with Crippen LogP contribution in [0.1, 0.15) is 31.2 Å². The molecule has 2 N–H and O–H groups in total. The number of nitrogens with zero attached hydrogens (tertiary/aromatic N) is 3. The molecule has 2 unspecified atom stereocenters. The molecule has 0 bridgehead atoms. The molecule has 3 heterocycles. The molecule has 3 aliphatic rings. The van der Waals surface area contributed by atoms with Crippen molar-refractivity contribution in [3.63, 3.8) is 0 Å². The molecule has 0 aromatic heterocycles. The number of benzene rings is 1. The second-order valence-corrected chi connectivity index (χ2v) is 10.8. The van der Waals surface area contributed by atoms with Crippen LogP contribution in [-0.2, 0) is 21.4 Å². The minimum absolute atomic E-state index is 0.173. The Morgan fingerprint density at radius 1 is 1.13 bits per heavy atom. The lowest BCUT2D eigenvalue weighted by Gasteiger charge is -2.39. The number of hydrogen-bond acceptors (Lipinski definition) is 6. The third-order valence-electron chi connectivity index (χ3n) is 6.29. The Morgan fingerprint density at radius 3 is 2.61 bits per heavy atom. The number of carbonyl (C=O) groups excluding carboxylic acids is 2. The van der Waals surface area contributed by atoms with E-state index in [1.165, 1.54) is 10.5 Å². The smallest absolute Gasteiger partial charge is 0.322 e. The van der Waals surface area contributed by atoms with Gasteiger partial charge in [-0.3, -0.25) is 14.6 Å². The van der Waals surface area contributed by atoms with Crippen LogP contribution in [0.25, 0.3) is 0 Å². The van der Waals surface area contributed by atoms with Gasteiger partial charge in [-0.05, 0) is 44.3 Å². The third-order valence-corrected chi connectivity index (χ3v) is 7.06. The molecule has 0 radical (unpaired) electrons. The molecule has 1 aromatic carbocycles. The van der Waals surface area contributed by atoms with Gasteiger partial charge in [0.25, 0.3) is 5.91 Å². The molecule has 0 aliphatic carbocycles. The number of sulfonamides is 1. The Kier molecular flexibility index (Phi) is 6.34. The van der Waals surface area contributed by atoms with Crippen molar-refractivity contribution in [3.8, 4) is 0 Å². The Morgan fingerprint density at radius 2 is 1.87 bits per heavy atom. The summed E-state index contributed by atoms with van der Waals surface area (Å²) in [4.78, 5) is 31.6. The molecular formula is C21H31N5O4S. The number of urea groups is 1. The standard InChI is InChI=1S/C21H31N5O4S/c1-31(29,30)23-18-9-5-11-25(14-18)16-26-19(27)21(22-20(26)28)10-6-12-24(15-21)13-17-7-3-2-4-8-17/h2-4,7-8,18,23H,5-6,9-16H2,1H3,(H,22,28). The van der Waals surface area contributed by atoms with E-state index in [2.05, 4.69) is 27.1 Å². The maximum atomic E-state index is 13.4. The number of rotatable bonds is 6. The molecule has 3 amide bonds. The molecule has 2 atom stereocenters. The number of nitrogens with one attached hydrogen (secondary N) is 2. The Balaban J connectivity index is 1.40. The molecule has 31 heavy (non-hydrogen) atoms. The molecule has 3 fully saturated rings. The van der Waals surface area contributed by atoms with Gasteiger partial charge in [-0.1, -0.05) is 30.3 Å². The summed E-state index contributed by atoms with van der Waals surface area (Å²) in [5.41, 5.74) is 0.315. The van der Waals surface area contributed by atoms with Crippen molar-refractivity contribution >= 4 is 22.0 Å². The maximum Gasteiger partial charge on any atom is 0.326 e. The van der Waals surface area contributed by atoms with Gasteiger partial charge in [0, 0.05) is 25.7 Å². The van der Waals surface area contributed by atoms with Gasteiger partial charge in [-0.15, -0.1) is 0 Å². The highest BCUT2D eigenvalue weighted by atomic mass is 32.2. The molecule has 0 saturated carbocycles. The highest BCUT2D eigenvalue weighted by Gasteiger charge is 2.53. The van der Waals surface area contributed by atoms with Crippen LogP contribution in [0.5, 0.6) is 0 Å². The van der Waals surface area contributed by atoms with Gasteiger partial charge in [0.2, 0.25) is 10.0 Å². The molecule has 3 aliphatic heterocycles. The highest BCUT2D eigenvalue weighted by Crippen LogP contribution is 2.29. The Bertz CT molecular complexity index is 925. The quantitative estimate of drug-likeness (QED) is 0.615. The first-order valence-electron chi connectivity index (χ1n) is 10.8. The van der Waals surface area contributed by atoms with Crippen molar-refractivity contribution in [2.24, 2.45) is 0 Å². The summed E-state index contributed by atoms with van der Waals surface area (Å²) in [5, 5.41) is 2.98.